The fourth-order valence-corrected chi connectivity index (χ4v) is 2.58. The Hall–Kier alpha value is -3.49. The van der Waals surface area contributed by atoms with Gasteiger partial charge in [-0.05, 0) is 48.5 Å². The van der Waals surface area contributed by atoms with Crippen LogP contribution in [0.4, 0.5) is 19.0 Å². The molecule has 0 atom stereocenters. The molecule has 0 spiro atoms. The second-order valence-corrected chi connectivity index (χ2v) is 5.64. The Bertz CT molecular complexity index is 1040. The van der Waals surface area contributed by atoms with E-state index < -0.39 is 6.36 Å². The van der Waals surface area contributed by atoms with E-state index in [1.54, 1.807) is 35.2 Å². The van der Waals surface area contributed by atoms with Crippen LogP contribution in [0.5, 0.6) is 5.75 Å². The van der Waals surface area contributed by atoms with Crippen LogP contribution >= 0.6 is 0 Å². The third-order valence-corrected chi connectivity index (χ3v) is 3.77. The van der Waals surface area contributed by atoms with E-state index in [4.69, 9.17) is 4.42 Å². The summed E-state index contributed by atoms with van der Waals surface area (Å²) < 4.78 is 47.6. The number of alkyl halides is 3. The number of nitrogens with zero attached hydrogens (tertiary/aromatic N) is 3. The Kier molecular flexibility index (Phi) is 4.19. The maximum Gasteiger partial charge on any atom is 0.573 e. The first-order valence-electron chi connectivity index (χ1n) is 7.95. The molecule has 4 rings (SSSR count). The lowest BCUT2D eigenvalue weighted by Crippen LogP contribution is -2.16. The highest BCUT2D eigenvalue weighted by molar-refractivity contribution is 5.64. The zero-order valence-electron chi connectivity index (χ0n) is 13.8. The standard InChI is InChI=1S/C18H13F3N4O2/c19-18(20,21)27-13-5-3-12(4-6-13)15-11-23-17-8-7-16(24-25(15)17)22-10-14-2-1-9-26-14/h1-9,11H,10H2,(H,22,24). The summed E-state index contributed by atoms with van der Waals surface area (Å²) in [6, 6.07) is 12.8. The summed E-state index contributed by atoms with van der Waals surface area (Å²) in [5.41, 5.74) is 1.92. The first-order chi connectivity index (χ1) is 13.0. The van der Waals surface area contributed by atoms with Crippen LogP contribution in [0.25, 0.3) is 16.9 Å². The molecule has 0 aliphatic rings. The van der Waals surface area contributed by atoms with Gasteiger partial charge in [-0.25, -0.2) is 9.50 Å². The molecule has 27 heavy (non-hydrogen) atoms. The van der Waals surface area contributed by atoms with Gasteiger partial charge in [0.2, 0.25) is 0 Å². The van der Waals surface area contributed by atoms with Gasteiger partial charge in [0.05, 0.1) is 24.7 Å². The highest BCUT2D eigenvalue weighted by Crippen LogP contribution is 2.27. The molecule has 0 saturated heterocycles. The molecule has 4 aromatic rings. The van der Waals surface area contributed by atoms with Gasteiger partial charge in [0.1, 0.15) is 17.3 Å². The topological polar surface area (TPSA) is 64.6 Å². The normalized spacial score (nSPS) is 11.7. The number of aromatic nitrogens is 3. The third-order valence-electron chi connectivity index (χ3n) is 3.77. The number of benzene rings is 1. The average Bonchev–Trinajstić information content (AvgIpc) is 3.29. The van der Waals surface area contributed by atoms with Gasteiger partial charge >= 0.3 is 6.36 Å². The van der Waals surface area contributed by atoms with Gasteiger partial charge in [-0.15, -0.1) is 18.3 Å². The van der Waals surface area contributed by atoms with Gasteiger partial charge in [0.25, 0.3) is 0 Å². The molecule has 0 amide bonds. The lowest BCUT2D eigenvalue weighted by Gasteiger charge is -2.09. The fraction of sp³-hybridized carbons (Fsp3) is 0.111. The highest BCUT2D eigenvalue weighted by Gasteiger charge is 2.31. The maximum absolute atomic E-state index is 12.3. The van der Waals surface area contributed by atoms with Crippen molar-refractivity contribution in [1.82, 2.24) is 14.6 Å². The molecule has 0 aliphatic carbocycles. The van der Waals surface area contributed by atoms with E-state index in [9.17, 15) is 13.2 Å². The lowest BCUT2D eigenvalue weighted by molar-refractivity contribution is -0.274. The van der Waals surface area contributed by atoms with Crippen LogP contribution in [-0.4, -0.2) is 21.0 Å². The second-order valence-electron chi connectivity index (χ2n) is 5.64. The Morgan fingerprint density at radius 3 is 2.59 bits per heavy atom. The number of ether oxygens (including phenoxy) is 1. The first-order valence-corrected chi connectivity index (χ1v) is 7.95. The molecular formula is C18H13F3N4O2. The van der Waals surface area contributed by atoms with Gasteiger partial charge in [0.15, 0.2) is 5.65 Å². The average molecular weight is 374 g/mol. The molecule has 1 N–H and O–H groups in total. The SMILES string of the molecule is FC(F)(F)Oc1ccc(-c2cnc3ccc(NCc4ccco4)nn23)cc1. The van der Waals surface area contributed by atoms with E-state index in [0.29, 0.717) is 29.3 Å². The Morgan fingerprint density at radius 1 is 1.07 bits per heavy atom. The number of halogens is 3. The van der Waals surface area contributed by atoms with Crippen molar-refractivity contribution in [2.45, 2.75) is 12.9 Å². The van der Waals surface area contributed by atoms with Crippen LogP contribution in [0, 0.1) is 0 Å². The second kappa shape index (κ2) is 6.67. The summed E-state index contributed by atoms with van der Waals surface area (Å²) in [7, 11) is 0. The van der Waals surface area contributed by atoms with E-state index >= 15 is 0 Å². The molecular weight excluding hydrogens is 361 g/mol. The van der Waals surface area contributed by atoms with E-state index in [1.807, 2.05) is 6.07 Å². The number of nitrogens with one attached hydrogen (secondary N) is 1. The summed E-state index contributed by atoms with van der Waals surface area (Å²) in [5.74, 6) is 1.09. The maximum atomic E-state index is 12.3. The number of imidazole rings is 1. The minimum absolute atomic E-state index is 0.283. The van der Waals surface area contributed by atoms with Gasteiger partial charge in [-0.2, -0.15) is 0 Å². The molecule has 3 heterocycles. The summed E-state index contributed by atoms with van der Waals surface area (Å²) in [6.07, 6.45) is -1.52. The van der Waals surface area contributed by atoms with Crippen molar-refractivity contribution in [2.75, 3.05) is 5.32 Å². The first kappa shape index (κ1) is 17.0. The minimum atomic E-state index is -4.72. The number of hydrogen-bond acceptors (Lipinski definition) is 5. The van der Waals surface area contributed by atoms with Crippen molar-refractivity contribution in [3.63, 3.8) is 0 Å². The van der Waals surface area contributed by atoms with Gasteiger partial charge < -0.3 is 14.5 Å². The van der Waals surface area contributed by atoms with E-state index in [-0.39, 0.29) is 5.75 Å². The Labute approximate surface area is 151 Å². The number of hydrogen-bond donors (Lipinski definition) is 1. The molecule has 9 heteroatoms. The molecule has 1 aromatic carbocycles. The van der Waals surface area contributed by atoms with Gasteiger partial charge in [-0.1, -0.05) is 0 Å². The summed E-state index contributed by atoms with van der Waals surface area (Å²) >= 11 is 0. The number of fused-ring (bicyclic) bond motifs is 1. The van der Waals surface area contributed by atoms with Crippen LogP contribution in [0.15, 0.2) is 65.4 Å². The number of rotatable bonds is 5. The minimum Gasteiger partial charge on any atom is -0.467 e. The molecule has 3 aromatic heterocycles. The van der Waals surface area contributed by atoms with Crippen LogP contribution in [0.2, 0.25) is 0 Å². The van der Waals surface area contributed by atoms with Crippen molar-refractivity contribution in [3.8, 4) is 17.0 Å². The summed E-state index contributed by atoms with van der Waals surface area (Å²) in [4.78, 5) is 4.27. The van der Waals surface area contributed by atoms with E-state index in [0.717, 1.165) is 5.76 Å². The quantitative estimate of drug-likeness (QED) is 0.557. The number of anilines is 1. The lowest BCUT2D eigenvalue weighted by atomic mass is 10.1. The van der Waals surface area contributed by atoms with E-state index in [2.05, 4.69) is 20.1 Å². The van der Waals surface area contributed by atoms with Crippen molar-refractivity contribution in [3.05, 3.63) is 66.8 Å². The Balaban J connectivity index is 1.59. The van der Waals surface area contributed by atoms with Crippen LogP contribution in [0.3, 0.4) is 0 Å². The van der Waals surface area contributed by atoms with Crippen molar-refractivity contribution in [2.24, 2.45) is 0 Å². The largest absolute Gasteiger partial charge is 0.573 e. The van der Waals surface area contributed by atoms with Gasteiger partial charge in [-0.3, -0.25) is 0 Å². The molecule has 0 fully saturated rings. The van der Waals surface area contributed by atoms with E-state index in [1.165, 1.54) is 24.3 Å². The predicted octanol–water partition coefficient (Wildman–Crippen LogP) is 4.50. The fourth-order valence-electron chi connectivity index (χ4n) is 2.58. The van der Waals surface area contributed by atoms with Gasteiger partial charge in [0, 0.05) is 5.56 Å². The van der Waals surface area contributed by atoms with Crippen LogP contribution < -0.4 is 10.1 Å². The molecule has 0 radical (unpaired) electrons. The molecule has 138 valence electrons. The molecule has 0 bridgehead atoms. The molecule has 6 nitrogen and oxygen atoms in total. The highest BCUT2D eigenvalue weighted by atomic mass is 19.4. The summed E-state index contributed by atoms with van der Waals surface area (Å²) in [5, 5.41) is 7.63. The zero-order valence-corrected chi connectivity index (χ0v) is 13.8. The van der Waals surface area contributed by atoms with Crippen LogP contribution in [-0.2, 0) is 6.54 Å². The zero-order chi connectivity index (χ0) is 18.9. The number of furan rings is 1. The molecule has 0 aliphatic heterocycles. The van der Waals surface area contributed by atoms with Crippen molar-refractivity contribution in [1.29, 1.82) is 0 Å². The van der Waals surface area contributed by atoms with Crippen molar-refractivity contribution < 1.29 is 22.3 Å². The smallest absolute Gasteiger partial charge is 0.467 e. The van der Waals surface area contributed by atoms with Crippen molar-refractivity contribution >= 4 is 11.5 Å². The van der Waals surface area contributed by atoms with Crippen LogP contribution in [0.1, 0.15) is 5.76 Å². The molecule has 0 saturated carbocycles. The summed E-state index contributed by atoms with van der Waals surface area (Å²) in [6.45, 7) is 0.471. The third kappa shape index (κ3) is 3.86. The predicted molar refractivity (Wildman–Crippen MR) is 91.1 cm³/mol. The molecule has 0 unspecified atom stereocenters. The Morgan fingerprint density at radius 2 is 1.89 bits per heavy atom. The monoisotopic (exact) mass is 374 g/mol.